The first-order chi connectivity index (χ1) is 7.81. The van der Waals surface area contributed by atoms with Crippen LogP contribution in [-0.2, 0) is 9.53 Å². The Morgan fingerprint density at radius 1 is 1.47 bits per heavy atom. The van der Waals surface area contributed by atoms with Crippen LogP contribution in [0.25, 0.3) is 0 Å². The molecule has 0 spiro atoms. The fourth-order valence-corrected chi connectivity index (χ4v) is 2.76. The third kappa shape index (κ3) is 3.83. The van der Waals surface area contributed by atoms with Crippen molar-refractivity contribution in [1.82, 2.24) is 10.2 Å². The number of amides is 1. The van der Waals surface area contributed by atoms with Gasteiger partial charge in [0, 0.05) is 26.7 Å². The number of piperidine rings is 1. The van der Waals surface area contributed by atoms with E-state index in [0.29, 0.717) is 11.8 Å². The van der Waals surface area contributed by atoms with Crippen LogP contribution in [-0.4, -0.2) is 50.7 Å². The second-order valence-corrected chi connectivity index (χ2v) is 4.94. The molecule has 2 saturated heterocycles. The maximum atomic E-state index is 12.2. The third-order valence-corrected chi connectivity index (χ3v) is 3.64. The molecule has 0 radical (unpaired) electrons. The number of rotatable bonds is 3. The van der Waals surface area contributed by atoms with Crippen LogP contribution < -0.4 is 5.32 Å². The molecule has 2 aliphatic rings. The Hall–Kier alpha value is -0.320. The fourth-order valence-electron chi connectivity index (χ4n) is 2.76. The van der Waals surface area contributed by atoms with E-state index in [1.54, 1.807) is 7.11 Å². The lowest BCUT2D eigenvalue weighted by atomic mass is 9.97. The van der Waals surface area contributed by atoms with Gasteiger partial charge in [-0.3, -0.25) is 4.79 Å². The molecule has 5 heteroatoms. The number of carbonyl (C=O) groups excluding carboxylic acids is 1. The second kappa shape index (κ2) is 7.19. The topological polar surface area (TPSA) is 41.6 Å². The molecule has 1 amide bonds. The maximum Gasteiger partial charge on any atom is 0.227 e. The first-order valence-electron chi connectivity index (χ1n) is 6.29. The van der Waals surface area contributed by atoms with Crippen molar-refractivity contribution in [3.63, 3.8) is 0 Å². The Labute approximate surface area is 109 Å². The van der Waals surface area contributed by atoms with Gasteiger partial charge in [-0.25, -0.2) is 0 Å². The molecule has 2 unspecified atom stereocenters. The molecular weight excluding hydrogens is 240 g/mol. The van der Waals surface area contributed by atoms with Gasteiger partial charge in [0.15, 0.2) is 0 Å². The molecule has 2 atom stereocenters. The van der Waals surface area contributed by atoms with Crippen LogP contribution >= 0.6 is 12.4 Å². The Morgan fingerprint density at radius 2 is 2.29 bits per heavy atom. The Kier molecular flexibility index (Phi) is 6.23. The lowest BCUT2D eigenvalue weighted by molar-refractivity contribution is -0.137. The summed E-state index contributed by atoms with van der Waals surface area (Å²) >= 11 is 0. The Balaban J connectivity index is 0.00000144. The van der Waals surface area contributed by atoms with E-state index in [0.717, 1.165) is 45.6 Å². The van der Waals surface area contributed by atoms with Gasteiger partial charge in [-0.1, -0.05) is 0 Å². The molecule has 0 aromatic rings. The number of likely N-dealkylation sites (tertiary alicyclic amines) is 1. The van der Waals surface area contributed by atoms with Crippen molar-refractivity contribution in [3.05, 3.63) is 0 Å². The number of methoxy groups -OCH3 is 1. The molecule has 2 heterocycles. The lowest BCUT2D eigenvalue weighted by Crippen LogP contribution is -2.44. The van der Waals surface area contributed by atoms with Gasteiger partial charge in [-0.15, -0.1) is 12.4 Å². The van der Waals surface area contributed by atoms with Gasteiger partial charge in [-0.2, -0.15) is 0 Å². The number of carbonyl (C=O) groups is 1. The molecule has 17 heavy (non-hydrogen) atoms. The van der Waals surface area contributed by atoms with Crippen LogP contribution in [0.5, 0.6) is 0 Å². The van der Waals surface area contributed by atoms with Crippen LogP contribution in [0.2, 0.25) is 0 Å². The maximum absolute atomic E-state index is 12.2. The Bertz CT molecular complexity index is 243. The summed E-state index contributed by atoms with van der Waals surface area (Å²) in [7, 11) is 1.74. The summed E-state index contributed by atoms with van der Waals surface area (Å²) in [6.07, 6.45) is 3.32. The van der Waals surface area contributed by atoms with E-state index in [9.17, 15) is 4.79 Å². The van der Waals surface area contributed by atoms with Gasteiger partial charge < -0.3 is 15.0 Å². The van der Waals surface area contributed by atoms with Crippen molar-refractivity contribution < 1.29 is 9.53 Å². The van der Waals surface area contributed by atoms with Gasteiger partial charge in [0.2, 0.25) is 5.91 Å². The average molecular weight is 263 g/mol. The molecular formula is C12H23ClN2O2. The van der Waals surface area contributed by atoms with Gasteiger partial charge in [0.1, 0.15) is 0 Å². The van der Waals surface area contributed by atoms with Crippen molar-refractivity contribution in [2.75, 3.05) is 39.9 Å². The van der Waals surface area contributed by atoms with Crippen LogP contribution in [0.3, 0.4) is 0 Å². The molecule has 0 aromatic heterocycles. The quantitative estimate of drug-likeness (QED) is 0.822. The molecule has 4 nitrogen and oxygen atoms in total. The summed E-state index contributed by atoms with van der Waals surface area (Å²) in [4.78, 5) is 14.2. The van der Waals surface area contributed by atoms with E-state index in [1.807, 2.05) is 4.90 Å². The number of nitrogens with one attached hydrogen (secondary N) is 1. The van der Waals surface area contributed by atoms with E-state index in [-0.39, 0.29) is 18.3 Å². The fraction of sp³-hybridized carbons (Fsp3) is 0.917. The highest BCUT2D eigenvalue weighted by atomic mass is 35.5. The molecule has 0 saturated carbocycles. The highest BCUT2D eigenvalue weighted by Crippen LogP contribution is 2.20. The SMILES string of the molecule is COCC1CCCN(C(=O)C2CCNC2)C1.Cl. The summed E-state index contributed by atoms with van der Waals surface area (Å²) in [5.74, 6) is 1.11. The van der Waals surface area contributed by atoms with Gasteiger partial charge in [-0.05, 0) is 31.7 Å². The molecule has 1 N–H and O–H groups in total. The largest absolute Gasteiger partial charge is 0.384 e. The molecule has 2 fully saturated rings. The molecule has 0 aromatic carbocycles. The van der Waals surface area contributed by atoms with Crippen molar-refractivity contribution in [2.45, 2.75) is 19.3 Å². The summed E-state index contributed by atoms with van der Waals surface area (Å²) in [5, 5.41) is 3.26. The number of ether oxygens (including phenoxy) is 1. The normalized spacial score (nSPS) is 28.9. The van der Waals surface area contributed by atoms with Gasteiger partial charge in [0.05, 0.1) is 12.5 Å². The smallest absolute Gasteiger partial charge is 0.227 e. The van der Waals surface area contributed by atoms with Gasteiger partial charge in [0.25, 0.3) is 0 Å². The zero-order valence-electron chi connectivity index (χ0n) is 10.5. The first kappa shape index (κ1) is 14.7. The van der Waals surface area contributed by atoms with Crippen molar-refractivity contribution in [3.8, 4) is 0 Å². The zero-order chi connectivity index (χ0) is 11.4. The summed E-state index contributed by atoms with van der Waals surface area (Å²) in [5.41, 5.74) is 0. The highest BCUT2D eigenvalue weighted by molar-refractivity contribution is 5.85. The second-order valence-electron chi connectivity index (χ2n) is 4.94. The van der Waals surface area contributed by atoms with E-state index >= 15 is 0 Å². The van der Waals surface area contributed by atoms with Crippen LogP contribution in [0, 0.1) is 11.8 Å². The summed E-state index contributed by atoms with van der Waals surface area (Å²) in [6, 6.07) is 0. The van der Waals surface area contributed by atoms with Crippen molar-refractivity contribution >= 4 is 18.3 Å². The summed E-state index contributed by atoms with van der Waals surface area (Å²) in [6.45, 7) is 4.47. The monoisotopic (exact) mass is 262 g/mol. The van der Waals surface area contributed by atoms with Crippen molar-refractivity contribution in [1.29, 1.82) is 0 Å². The minimum Gasteiger partial charge on any atom is -0.384 e. The van der Waals surface area contributed by atoms with Crippen LogP contribution in [0.1, 0.15) is 19.3 Å². The molecule has 2 rings (SSSR count). The van der Waals surface area contributed by atoms with Crippen LogP contribution in [0.15, 0.2) is 0 Å². The van der Waals surface area contributed by atoms with E-state index in [4.69, 9.17) is 4.74 Å². The molecule has 0 aliphatic carbocycles. The molecule has 0 bridgehead atoms. The first-order valence-corrected chi connectivity index (χ1v) is 6.29. The summed E-state index contributed by atoms with van der Waals surface area (Å²) < 4.78 is 5.18. The van der Waals surface area contributed by atoms with E-state index in [2.05, 4.69) is 5.32 Å². The minimum absolute atomic E-state index is 0. The van der Waals surface area contributed by atoms with E-state index in [1.165, 1.54) is 6.42 Å². The highest BCUT2D eigenvalue weighted by Gasteiger charge is 2.30. The number of hydrogen-bond acceptors (Lipinski definition) is 3. The number of halogens is 1. The average Bonchev–Trinajstić information content (AvgIpc) is 2.82. The minimum atomic E-state index is 0. The predicted octanol–water partition coefficient (Wildman–Crippen LogP) is 0.903. The van der Waals surface area contributed by atoms with Gasteiger partial charge >= 0.3 is 0 Å². The number of nitrogens with zero attached hydrogens (tertiary/aromatic N) is 1. The Morgan fingerprint density at radius 3 is 2.94 bits per heavy atom. The predicted molar refractivity (Wildman–Crippen MR) is 69.4 cm³/mol. The zero-order valence-corrected chi connectivity index (χ0v) is 11.3. The van der Waals surface area contributed by atoms with E-state index < -0.39 is 0 Å². The third-order valence-electron chi connectivity index (χ3n) is 3.64. The lowest BCUT2D eigenvalue weighted by Gasteiger charge is -2.33. The standard InChI is InChI=1S/C12H22N2O2.ClH/c1-16-9-10-3-2-6-14(8-10)12(15)11-4-5-13-7-11;/h10-11,13H,2-9H2,1H3;1H. The molecule has 100 valence electrons. The number of hydrogen-bond donors (Lipinski definition) is 1. The van der Waals surface area contributed by atoms with Crippen LogP contribution in [0.4, 0.5) is 0 Å². The molecule has 2 aliphatic heterocycles. The van der Waals surface area contributed by atoms with Crippen molar-refractivity contribution in [2.24, 2.45) is 11.8 Å².